The monoisotopic (exact) mass is 590 g/mol. The lowest BCUT2D eigenvalue weighted by Crippen LogP contribution is -2.56. The first-order chi connectivity index (χ1) is 21.3. The molecule has 0 aromatic heterocycles. The number of carbonyl (C=O) groups is 4. The SMILES string of the molecule is CC1(C(=O)N2CCN(C3(c4ccc(Cc5ccc6c7c(cccc57)C(=O)N6C5CCC(=O)NC5=O)cc4)CC3)CC2)CCC1. The summed E-state index contributed by atoms with van der Waals surface area (Å²) in [6.07, 6.45) is 6.84. The summed E-state index contributed by atoms with van der Waals surface area (Å²) in [6, 6.07) is 18.2. The summed E-state index contributed by atoms with van der Waals surface area (Å²) in [5, 5.41) is 4.30. The second-order valence-corrected chi connectivity index (χ2v) is 13.7. The number of piperidine rings is 1. The van der Waals surface area contributed by atoms with Crippen LogP contribution < -0.4 is 10.2 Å². The zero-order valence-corrected chi connectivity index (χ0v) is 25.2. The Morgan fingerprint density at radius 1 is 0.909 bits per heavy atom. The minimum Gasteiger partial charge on any atom is -0.340 e. The summed E-state index contributed by atoms with van der Waals surface area (Å²) in [5.41, 5.74) is 5.03. The van der Waals surface area contributed by atoms with Gasteiger partial charge < -0.3 is 4.90 Å². The van der Waals surface area contributed by atoms with Crippen LogP contribution in [0.25, 0.3) is 10.8 Å². The number of nitrogens with zero attached hydrogens (tertiary/aromatic N) is 3. The van der Waals surface area contributed by atoms with Crippen LogP contribution in [0, 0.1) is 5.41 Å². The van der Waals surface area contributed by atoms with Crippen molar-refractivity contribution in [3.63, 3.8) is 0 Å². The third-order valence-corrected chi connectivity index (χ3v) is 11.1. The van der Waals surface area contributed by atoms with Gasteiger partial charge in [0.15, 0.2) is 0 Å². The highest BCUT2D eigenvalue weighted by Gasteiger charge is 2.51. The van der Waals surface area contributed by atoms with Crippen molar-refractivity contribution in [1.29, 1.82) is 0 Å². The number of anilines is 1. The van der Waals surface area contributed by atoms with Crippen molar-refractivity contribution in [2.24, 2.45) is 5.41 Å². The van der Waals surface area contributed by atoms with Crippen LogP contribution in [0.2, 0.25) is 0 Å². The zero-order valence-electron chi connectivity index (χ0n) is 25.2. The number of nitrogens with one attached hydrogen (secondary N) is 1. The molecule has 4 amide bonds. The molecule has 1 N–H and O–H groups in total. The second kappa shape index (κ2) is 9.99. The summed E-state index contributed by atoms with van der Waals surface area (Å²) in [6.45, 7) is 5.64. The molecule has 8 nitrogen and oxygen atoms in total. The first-order valence-corrected chi connectivity index (χ1v) is 16.1. The van der Waals surface area contributed by atoms with E-state index in [1.807, 2.05) is 18.2 Å². The van der Waals surface area contributed by atoms with Gasteiger partial charge in [0, 0.05) is 54.5 Å². The molecule has 1 atom stereocenters. The molecule has 44 heavy (non-hydrogen) atoms. The first kappa shape index (κ1) is 27.5. The molecule has 2 aliphatic carbocycles. The number of imide groups is 1. The van der Waals surface area contributed by atoms with Crippen molar-refractivity contribution in [3.8, 4) is 0 Å². The van der Waals surface area contributed by atoms with E-state index in [-0.39, 0.29) is 29.2 Å². The fraction of sp³-hybridized carbons (Fsp3) is 0.444. The molecule has 3 aromatic carbocycles. The minimum absolute atomic E-state index is 0.0931. The highest BCUT2D eigenvalue weighted by Crippen LogP contribution is 2.52. The standard InChI is InChI=1S/C36H38N4O4/c1-35(14-3-15-35)34(44)38-18-20-39(21-19-38)36(16-17-36)25-9-6-23(7-10-25)22-24-8-11-28-31-26(24)4-2-5-27(31)33(43)40(28)29-12-13-30(41)37-32(29)42/h2,4-11,29H,3,12-22H2,1H3,(H,37,41,42). The number of amides is 4. The molecule has 3 aliphatic heterocycles. The quantitative estimate of drug-likeness (QED) is 0.427. The highest BCUT2D eigenvalue weighted by molar-refractivity contribution is 6.27. The van der Waals surface area contributed by atoms with Crippen LogP contribution in [0.4, 0.5) is 5.69 Å². The Bertz CT molecular complexity index is 1710. The molecule has 0 bridgehead atoms. The van der Waals surface area contributed by atoms with Crippen molar-refractivity contribution >= 4 is 40.1 Å². The molecule has 4 fully saturated rings. The van der Waals surface area contributed by atoms with Crippen LogP contribution in [-0.4, -0.2) is 65.6 Å². The number of piperazine rings is 1. The topological polar surface area (TPSA) is 90.0 Å². The maximum Gasteiger partial charge on any atom is 0.259 e. The summed E-state index contributed by atoms with van der Waals surface area (Å²) >= 11 is 0. The van der Waals surface area contributed by atoms with Gasteiger partial charge in [0.1, 0.15) is 6.04 Å². The van der Waals surface area contributed by atoms with Gasteiger partial charge in [-0.15, -0.1) is 0 Å². The lowest BCUT2D eigenvalue weighted by molar-refractivity contribution is -0.148. The van der Waals surface area contributed by atoms with Gasteiger partial charge in [-0.3, -0.25) is 34.3 Å². The summed E-state index contributed by atoms with van der Waals surface area (Å²) < 4.78 is 0. The molecule has 5 aliphatic rings. The third kappa shape index (κ3) is 4.21. The van der Waals surface area contributed by atoms with Crippen molar-refractivity contribution in [2.75, 3.05) is 31.1 Å². The molecule has 2 saturated heterocycles. The fourth-order valence-corrected chi connectivity index (χ4v) is 8.16. The van der Waals surface area contributed by atoms with Crippen LogP contribution in [0.3, 0.4) is 0 Å². The fourth-order valence-electron chi connectivity index (χ4n) is 8.16. The molecular weight excluding hydrogens is 552 g/mol. The van der Waals surface area contributed by atoms with Crippen molar-refractivity contribution in [2.45, 2.75) is 69.9 Å². The lowest BCUT2D eigenvalue weighted by atomic mass is 9.69. The predicted molar refractivity (Wildman–Crippen MR) is 167 cm³/mol. The normalized spacial score (nSPS) is 23.9. The summed E-state index contributed by atoms with van der Waals surface area (Å²) in [5.74, 6) is -0.527. The van der Waals surface area contributed by atoms with Crippen LogP contribution in [0.1, 0.15) is 78.9 Å². The highest BCUT2D eigenvalue weighted by atomic mass is 16.2. The van der Waals surface area contributed by atoms with E-state index in [1.54, 1.807) is 4.90 Å². The molecule has 2 saturated carbocycles. The van der Waals surface area contributed by atoms with E-state index >= 15 is 0 Å². The third-order valence-electron chi connectivity index (χ3n) is 11.1. The van der Waals surface area contributed by atoms with Gasteiger partial charge in [0.2, 0.25) is 17.7 Å². The van der Waals surface area contributed by atoms with E-state index in [0.717, 1.165) is 80.3 Å². The molecule has 1 unspecified atom stereocenters. The van der Waals surface area contributed by atoms with Gasteiger partial charge in [-0.05, 0) is 72.7 Å². The van der Waals surface area contributed by atoms with E-state index in [9.17, 15) is 19.2 Å². The van der Waals surface area contributed by atoms with Gasteiger partial charge in [0.25, 0.3) is 5.91 Å². The van der Waals surface area contributed by atoms with Gasteiger partial charge in [0.05, 0.1) is 5.69 Å². The van der Waals surface area contributed by atoms with E-state index in [4.69, 9.17) is 0 Å². The van der Waals surface area contributed by atoms with Crippen LogP contribution in [0.5, 0.6) is 0 Å². The van der Waals surface area contributed by atoms with E-state index < -0.39 is 11.9 Å². The van der Waals surface area contributed by atoms with Crippen LogP contribution in [0.15, 0.2) is 54.6 Å². The van der Waals surface area contributed by atoms with Gasteiger partial charge in [-0.25, -0.2) is 0 Å². The lowest BCUT2D eigenvalue weighted by Gasteiger charge is -2.45. The largest absolute Gasteiger partial charge is 0.340 e. The van der Waals surface area contributed by atoms with Gasteiger partial charge in [-0.2, -0.15) is 0 Å². The van der Waals surface area contributed by atoms with E-state index in [0.29, 0.717) is 17.9 Å². The number of benzene rings is 3. The molecule has 8 heteroatoms. The van der Waals surface area contributed by atoms with Gasteiger partial charge in [-0.1, -0.05) is 55.8 Å². The molecule has 8 rings (SSSR count). The molecule has 3 heterocycles. The number of hydrogen-bond donors (Lipinski definition) is 1. The predicted octanol–water partition coefficient (Wildman–Crippen LogP) is 4.52. The average molecular weight is 591 g/mol. The summed E-state index contributed by atoms with van der Waals surface area (Å²) in [4.78, 5) is 57.2. The Labute approximate surface area is 257 Å². The van der Waals surface area contributed by atoms with Crippen molar-refractivity contribution in [1.82, 2.24) is 15.1 Å². The molecule has 0 radical (unpaired) electrons. The Kier molecular flexibility index (Phi) is 6.25. The van der Waals surface area contributed by atoms with Crippen LogP contribution >= 0.6 is 0 Å². The Morgan fingerprint density at radius 2 is 1.66 bits per heavy atom. The molecule has 0 spiro atoms. The van der Waals surface area contributed by atoms with Crippen molar-refractivity contribution in [3.05, 3.63) is 76.9 Å². The average Bonchev–Trinajstić information content (AvgIpc) is 3.78. The zero-order chi connectivity index (χ0) is 30.2. The molecule has 226 valence electrons. The second-order valence-electron chi connectivity index (χ2n) is 13.7. The number of hydrogen-bond acceptors (Lipinski definition) is 5. The number of carbonyl (C=O) groups excluding carboxylic acids is 4. The smallest absolute Gasteiger partial charge is 0.259 e. The van der Waals surface area contributed by atoms with Crippen LogP contribution in [-0.2, 0) is 26.3 Å². The Morgan fingerprint density at radius 3 is 2.32 bits per heavy atom. The minimum atomic E-state index is -0.682. The molecule has 3 aromatic rings. The molecular formula is C36H38N4O4. The van der Waals surface area contributed by atoms with E-state index in [2.05, 4.69) is 58.4 Å². The Balaban J connectivity index is 0.992. The maximum absolute atomic E-state index is 13.5. The maximum atomic E-state index is 13.5. The summed E-state index contributed by atoms with van der Waals surface area (Å²) in [7, 11) is 0. The Hall–Kier alpha value is -4.04. The van der Waals surface area contributed by atoms with E-state index in [1.165, 1.54) is 17.5 Å². The number of rotatable bonds is 6. The van der Waals surface area contributed by atoms with Gasteiger partial charge >= 0.3 is 0 Å². The van der Waals surface area contributed by atoms with Crippen molar-refractivity contribution < 1.29 is 19.2 Å². The first-order valence-electron chi connectivity index (χ1n) is 16.1.